The van der Waals surface area contributed by atoms with E-state index >= 15 is 0 Å². The Morgan fingerprint density at radius 2 is 1.85 bits per heavy atom. The van der Waals surface area contributed by atoms with Crippen molar-refractivity contribution in [1.82, 2.24) is 4.90 Å². The zero-order chi connectivity index (χ0) is 18.7. The van der Waals surface area contributed by atoms with Gasteiger partial charge in [0.05, 0.1) is 24.2 Å². The predicted molar refractivity (Wildman–Crippen MR) is 100 cm³/mol. The summed E-state index contributed by atoms with van der Waals surface area (Å²) >= 11 is 0. The lowest BCUT2D eigenvalue weighted by Crippen LogP contribution is -2.51. The van der Waals surface area contributed by atoms with Gasteiger partial charge in [0.25, 0.3) is 0 Å². The quantitative estimate of drug-likeness (QED) is 0.612. The summed E-state index contributed by atoms with van der Waals surface area (Å²) in [6.45, 7) is 9.93. The molecule has 1 unspecified atom stereocenters. The molecule has 0 saturated carbocycles. The van der Waals surface area contributed by atoms with Crippen LogP contribution in [0.15, 0.2) is 18.2 Å². The van der Waals surface area contributed by atoms with Gasteiger partial charge in [-0.1, -0.05) is 18.2 Å². The summed E-state index contributed by atoms with van der Waals surface area (Å²) in [6.07, 6.45) is 2.17. The van der Waals surface area contributed by atoms with E-state index < -0.39 is 0 Å². The molecular weight excluding hydrogens is 329 g/mol. The van der Waals surface area contributed by atoms with Gasteiger partial charge in [0, 0.05) is 19.1 Å². The van der Waals surface area contributed by atoms with Crippen molar-refractivity contribution >= 4 is 18.6 Å². The van der Waals surface area contributed by atoms with Gasteiger partial charge in [-0.05, 0) is 57.1 Å². The van der Waals surface area contributed by atoms with Crippen molar-refractivity contribution in [2.45, 2.75) is 57.8 Å². The summed E-state index contributed by atoms with van der Waals surface area (Å²) in [5.74, 6) is -0.0522. The Morgan fingerprint density at radius 1 is 1.19 bits per heavy atom. The first-order chi connectivity index (χ1) is 12.2. The molecule has 2 saturated heterocycles. The van der Waals surface area contributed by atoms with Gasteiger partial charge in [0.2, 0.25) is 0 Å². The van der Waals surface area contributed by atoms with Gasteiger partial charge in [-0.2, -0.15) is 0 Å². The van der Waals surface area contributed by atoms with E-state index in [1.54, 1.807) is 0 Å². The highest BCUT2D eigenvalue weighted by Gasteiger charge is 2.52. The molecule has 0 aromatic heterocycles. The fourth-order valence-electron chi connectivity index (χ4n) is 4.20. The number of ether oxygens (including phenoxy) is 1. The highest BCUT2D eigenvalue weighted by atomic mass is 16.7. The molecule has 1 atom stereocenters. The maximum Gasteiger partial charge on any atom is 0.494 e. The molecule has 6 heteroatoms. The zero-order valence-electron chi connectivity index (χ0n) is 16.4. The number of hydrogen-bond acceptors (Lipinski definition) is 5. The van der Waals surface area contributed by atoms with Gasteiger partial charge < -0.3 is 14.0 Å². The van der Waals surface area contributed by atoms with Crippen molar-refractivity contribution in [2.75, 3.05) is 20.2 Å². The molecule has 5 nitrogen and oxygen atoms in total. The van der Waals surface area contributed by atoms with Crippen molar-refractivity contribution in [2.24, 2.45) is 5.92 Å². The maximum absolute atomic E-state index is 11.6. The van der Waals surface area contributed by atoms with Crippen LogP contribution < -0.4 is 5.46 Å². The van der Waals surface area contributed by atoms with E-state index in [1.165, 1.54) is 18.2 Å². The number of benzene rings is 1. The minimum Gasteiger partial charge on any atom is -0.469 e. The number of likely N-dealkylation sites (tertiary alicyclic amines) is 1. The van der Waals surface area contributed by atoms with Gasteiger partial charge in [-0.15, -0.1) is 0 Å². The highest BCUT2D eigenvalue weighted by Crippen LogP contribution is 2.40. The van der Waals surface area contributed by atoms with Gasteiger partial charge in [-0.25, -0.2) is 0 Å². The van der Waals surface area contributed by atoms with Crippen LogP contribution in [0, 0.1) is 5.92 Å². The number of fused-ring (bicyclic) bond motifs is 1. The molecule has 2 aliphatic heterocycles. The fraction of sp³-hybridized carbons (Fsp3) is 0.650. The number of nitrogens with zero attached hydrogens (tertiary/aromatic N) is 1. The Labute approximate surface area is 156 Å². The molecule has 26 heavy (non-hydrogen) atoms. The summed E-state index contributed by atoms with van der Waals surface area (Å²) in [7, 11) is 1.16. The lowest BCUT2D eigenvalue weighted by atomic mass is 9.77. The normalized spacial score (nSPS) is 27.3. The van der Waals surface area contributed by atoms with E-state index in [-0.39, 0.29) is 30.2 Å². The summed E-state index contributed by atoms with van der Waals surface area (Å²) in [5.41, 5.74) is 3.22. The number of carbonyl (C=O) groups is 1. The smallest absolute Gasteiger partial charge is 0.469 e. The van der Waals surface area contributed by atoms with Gasteiger partial charge in [-0.3, -0.25) is 9.69 Å². The van der Waals surface area contributed by atoms with E-state index in [0.717, 1.165) is 31.4 Å². The lowest BCUT2D eigenvalue weighted by Gasteiger charge is -2.42. The van der Waals surface area contributed by atoms with Crippen LogP contribution in [0.3, 0.4) is 0 Å². The van der Waals surface area contributed by atoms with E-state index in [2.05, 4.69) is 50.8 Å². The molecular formula is C20H28BNO4. The number of carbonyl (C=O) groups excluding carboxylic acids is 1. The molecule has 1 aliphatic carbocycles. The van der Waals surface area contributed by atoms with Crippen molar-refractivity contribution in [1.29, 1.82) is 0 Å². The Morgan fingerprint density at radius 3 is 2.46 bits per heavy atom. The van der Waals surface area contributed by atoms with Crippen LogP contribution in [0.5, 0.6) is 0 Å². The van der Waals surface area contributed by atoms with Gasteiger partial charge in [0.1, 0.15) is 0 Å². The van der Waals surface area contributed by atoms with E-state index in [0.29, 0.717) is 6.04 Å². The minimum atomic E-state index is -0.320. The SMILES string of the molecule is COC(=O)C1CN(C2CCc3cc(B4OC(C)(C)C(C)(C)O4)ccc32)C1. The van der Waals surface area contributed by atoms with Crippen LogP contribution in [0.25, 0.3) is 0 Å². The molecule has 2 heterocycles. The van der Waals surface area contributed by atoms with E-state index in [1.807, 2.05) is 0 Å². The highest BCUT2D eigenvalue weighted by molar-refractivity contribution is 6.62. The molecule has 0 N–H and O–H groups in total. The molecule has 0 amide bonds. The summed E-state index contributed by atoms with van der Waals surface area (Å²) in [5, 5.41) is 0. The second kappa shape index (κ2) is 6.08. The third-order valence-corrected chi connectivity index (χ3v) is 6.62. The third-order valence-electron chi connectivity index (χ3n) is 6.62. The molecule has 140 valence electrons. The second-order valence-corrected chi connectivity index (χ2v) is 8.77. The second-order valence-electron chi connectivity index (χ2n) is 8.77. The Kier molecular flexibility index (Phi) is 4.21. The van der Waals surface area contributed by atoms with Crippen LogP contribution in [0.1, 0.15) is 51.3 Å². The topological polar surface area (TPSA) is 48.0 Å². The van der Waals surface area contributed by atoms with Crippen molar-refractivity contribution in [3.05, 3.63) is 29.3 Å². The van der Waals surface area contributed by atoms with Crippen LogP contribution in [0.4, 0.5) is 0 Å². The Hall–Kier alpha value is -1.37. The maximum atomic E-state index is 11.6. The van der Waals surface area contributed by atoms with Crippen molar-refractivity contribution in [3.63, 3.8) is 0 Å². The number of hydrogen-bond donors (Lipinski definition) is 0. The van der Waals surface area contributed by atoms with Crippen LogP contribution in [-0.2, 0) is 25.3 Å². The molecule has 0 bridgehead atoms. The van der Waals surface area contributed by atoms with Crippen LogP contribution >= 0.6 is 0 Å². The molecule has 2 fully saturated rings. The van der Waals surface area contributed by atoms with Gasteiger partial charge >= 0.3 is 13.1 Å². The summed E-state index contributed by atoms with van der Waals surface area (Å²) < 4.78 is 17.2. The Bertz CT molecular complexity index is 711. The summed E-state index contributed by atoms with van der Waals surface area (Å²) in [4.78, 5) is 14.0. The van der Waals surface area contributed by atoms with E-state index in [9.17, 15) is 4.79 Å². The molecule has 1 aromatic carbocycles. The first kappa shape index (κ1) is 18.0. The number of esters is 1. The molecule has 4 rings (SSSR count). The van der Waals surface area contributed by atoms with Crippen LogP contribution in [-0.4, -0.2) is 49.4 Å². The number of aryl methyl sites for hydroxylation is 1. The van der Waals surface area contributed by atoms with Crippen molar-refractivity contribution < 1.29 is 18.8 Å². The molecule has 0 radical (unpaired) electrons. The lowest BCUT2D eigenvalue weighted by molar-refractivity contribution is -0.152. The first-order valence-electron chi connectivity index (χ1n) is 9.52. The van der Waals surface area contributed by atoms with Crippen molar-refractivity contribution in [3.8, 4) is 0 Å². The monoisotopic (exact) mass is 357 g/mol. The summed E-state index contributed by atoms with van der Waals surface area (Å²) in [6, 6.07) is 7.02. The molecule has 0 spiro atoms. The minimum absolute atomic E-state index is 0.0353. The fourth-order valence-corrected chi connectivity index (χ4v) is 4.20. The Balaban J connectivity index is 1.47. The largest absolute Gasteiger partial charge is 0.494 e. The first-order valence-corrected chi connectivity index (χ1v) is 9.52. The molecule has 3 aliphatic rings. The average Bonchev–Trinajstić information content (AvgIpc) is 3.04. The average molecular weight is 357 g/mol. The number of rotatable bonds is 3. The van der Waals surface area contributed by atoms with Gasteiger partial charge in [0.15, 0.2) is 0 Å². The predicted octanol–water partition coefficient (Wildman–Crippen LogP) is 2.08. The zero-order valence-corrected chi connectivity index (χ0v) is 16.4. The molecule has 1 aromatic rings. The third kappa shape index (κ3) is 2.79. The van der Waals surface area contributed by atoms with E-state index in [4.69, 9.17) is 14.0 Å². The number of methoxy groups -OCH3 is 1. The standard InChI is InChI=1S/C20H28BNO4/c1-19(2)20(3,4)26-21(25-19)15-7-8-16-13(10-15)6-9-17(16)22-11-14(12-22)18(23)24-5/h7-8,10,14,17H,6,9,11-12H2,1-5H3. The van der Waals surface area contributed by atoms with Crippen LogP contribution in [0.2, 0.25) is 0 Å².